The average molecular weight is 629 g/mol. The first-order valence-corrected chi connectivity index (χ1v) is 15.0. The summed E-state index contributed by atoms with van der Waals surface area (Å²) < 4.78 is 21.2. The molecule has 9 nitrogen and oxygen atoms in total. The molecule has 3 amide bonds. The van der Waals surface area contributed by atoms with Gasteiger partial charge >= 0.3 is 0 Å². The Morgan fingerprint density at radius 2 is 1.73 bits per heavy atom. The molecule has 1 N–H and O–H groups in total. The summed E-state index contributed by atoms with van der Waals surface area (Å²) in [6, 6.07) is 16.5. The third-order valence-corrected chi connectivity index (χ3v) is 8.39. The van der Waals surface area contributed by atoms with Crippen molar-refractivity contribution in [2.45, 2.75) is 52.0 Å². The highest BCUT2D eigenvalue weighted by atomic mass is 35.5. The van der Waals surface area contributed by atoms with Crippen molar-refractivity contribution in [2.75, 3.05) is 6.61 Å². The number of fused-ring (bicyclic) bond motifs is 1. The number of carbonyl (C=O) groups is 3. The molecule has 1 aliphatic heterocycles. The van der Waals surface area contributed by atoms with E-state index in [0.717, 1.165) is 29.5 Å². The van der Waals surface area contributed by atoms with E-state index in [-0.39, 0.29) is 51.6 Å². The number of benzene rings is 3. The summed E-state index contributed by atoms with van der Waals surface area (Å²) in [4.78, 5) is 45.5. The lowest BCUT2D eigenvalue weighted by Gasteiger charge is -2.23. The third kappa shape index (κ3) is 6.16. The normalized spacial score (nSPS) is 14.8. The Morgan fingerprint density at radius 3 is 2.40 bits per heavy atom. The molecule has 1 saturated carbocycles. The largest absolute Gasteiger partial charge is 0.434 e. The number of hydrogen-bond donors (Lipinski definition) is 1. The van der Waals surface area contributed by atoms with Gasteiger partial charge < -0.3 is 10.1 Å². The maximum Gasteiger partial charge on any atom is 0.285 e. The van der Waals surface area contributed by atoms with Crippen LogP contribution in [0.1, 0.15) is 77.7 Å². The van der Waals surface area contributed by atoms with Crippen LogP contribution in [0.25, 0.3) is 0 Å². The van der Waals surface area contributed by atoms with E-state index >= 15 is 4.39 Å². The first-order chi connectivity index (χ1) is 21.6. The van der Waals surface area contributed by atoms with Crippen molar-refractivity contribution in [1.29, 1.82) is 0 Å². The minimum absolute atomic E-state index is 0.0205. The number of nitrogens with one attached hydrogen (secondary N) is 1. The van der Waals surface area contributed by atoms with Gasteiger partial charge in [-0.25, -0.2) is 4.39 Å². The molecule has 0 bridgehead atoms. The van der Waals surface area contributed by atoms with Crippen molar-refractivity contribution in [1.82, 2.24) is 20.6 Å². The van der Waals surface area contributed by atoms with E-state index in [2.05, 4.69) is 15.5 Å². The number of ether oxygens (including phenoxy) is 1. The smallest absolute Gasteiger partial charge is 0.285 e. The van der Waals surface area contributed by atoms with E-state index < -0.39 is 29.6 Å². The van der Waals surface area contributed by atoms with E-state index in [1.165, 1.54) is 6.07 Å². The Labute approximate surface area is 264 Å². The summed E-state index contributed by atoms with van der Waals surface area (Å²) in [6.07, 6.45) is 2.11. The number of hydrogen-bond acceptors (Lipinski definition) is 7. The molecule has 1 atom stereocenters. The van der Waals surface area contributed by atoms with E-state index in [4.69, 9.17) is 21.2 Å². The highest BCUT2D eigenvalue weighted by Crippen LogP contribution is 2.43. The van der Waals surface area contributed by atoms with Gasteiger partial charge in [0.15, 0.2) is 16.7 Å². The van der Waals surface area contributed by atoms with Crippen LogP contribution in [-0.4, -0.2) is 45.6 Å². The Kier molecular flexibility index (Phi) is 8.35. The van der Waals surface area contributed by atoms with Crippen LogP contribution in [0.5, 0.6) is 11.6 Å². The zero-order valence-electron chi connectivity index (χ0n) is 24.9. The lowest BCUT2D eigenvalue weighted by Crippen LogP contribution is -2.43. The number of aromatic nitrogens is 2. The summed E-state index contributed by atoms with van der Waals surface area (Å²) in [5.41, 5.74) is 4.28. The van der Waals surface area contributed by atoms with Crippen LogP contribution in [-0.2, 0) is 11.3 Å². The molecule has 0 radical (unpaired) electrons. The predicted octanol–water partition coefficient (Wildman–Crippen LogP) is 6.43. The Hall–Kier alpha value is -4.67. The van der Waals surface area contributed by atoms with E-state index in [1.807, 2.05) is 32.0 Å². The summed E-state index contributed by atoms with van der Waals surface area (Å²) in [5, 5.41) is 11.5. The fraction of sp³-hybridized carbons (Fsp3) is 0.265. The molecule has 0 saturated heterocycles. The van der Waals surface area contributed by atoms with E-state index in [9.17, 15) is 14.4 Å². The van der Waals surface area contributed by atoms with Crippen LogP contribution in [0.4, 0.5) is 4.39 Å². The van der Waals surface area contributed by atoms with Crippen molar-refractivity contribution in [3.05, 3.63) is 116 Å². The second-order valence-electron chi connectivity index (χ2n) is 11.4. The molecule has 4 aromatic rings. The highest BCUT2D eigenvalue weighted by molar-refractivity contribution is 6.30. The lowest BCUT2D eigenvalue weighted by molar-refractivity contribution is -0.0969. The summed E-state index contributed by atoms with van der Waals surface area (Å²) in [6.45, 7) is 5.31. The van der Waals surface area contributed by atoms with Gasteiger partial charge in [0, 0.05) is 5.56 Å². The van der Waals surface area contributed by atoms with Crippen LogP contribution in [0.15, 0.2) is 60.7 Å². The highest BCUT2D eigenvalue weighted by Gasteiger charge is 2.37. The van der Waals surface area contributed by atoms with Crippen molar-refractivity contribution < 1.29 is 28.3 Å². The monoisotopic (exact) mass is 628 g/mol. The fourth-order valence-corrected chi connectivity index (χ4v) is 5.57. The van der Waals surface area contributed by atoms with Crippen LogP contribution in [0.3, 0.4) is 0 Å². The molecule has 1 aliphatic carbocycles. The SMILES string of the molecule is Cc1ccc(C[C@H](CON2C(=O)c3ccccc3C2=O)NC(=O)c2c(Oc3cccc(C4CC4)c3F)nnc(Cl)c2C)c(C)c1. The van der Waals surface area contributed by atoms with Crippen molar-refractivity contribution >= 4 is 29.3 Å². The van der Waals surface area contributed by atoms with Crippen LogP contribution in [0, 0.1) is 26.6 Å². The number of hydroxylamine groups is 2. The number of carbonyl (C=O) groups excluding carboxylic acids is 3. The second kappa shape index (κ2) is 12.4. The number of aryl methyl sites for hydroxylation is 2. The maximum atomic E-state index is 15.3. The topological polar surface area (TPSA) is 111 Å². The van der Waals surface area contributed by atoms with Crippen LogP contribution in [0.2, 0.25) is 5.15 Å². The molecule has 3 aromatic carbocycles. The predicted molar refractivity (Wildman–Crippen MR) is 164 cm³/mol. The first kappa shape index (κ1) is 30.4. The minimum atomic E-state index is -0.725. The van der Waals surface area contributed by atoms with Gasteiger partial charge in [-0.15, -0.1) is 15.3 Å². The van der Waals surface area contributed by atoms with Crippen molar-refractivity contribution in [3.63, 3.8) is 0 Å². The summed E-state index contributed by atoms with van der Waals surface area (Å²) in [5.74, 6) is -2.46. The number of halogens is 2. The quantitative estimate of drug-likeness (QED) is 0.201. The van der Waals surface area contributed by atoms with Gasteiger partial charge in [0.05, 0.1) is 23.8 Å². The zero-order valence-corrected chi connectivity index (χ0v) is 25.7. The number of nitrogens with zero attached hydrogens (tertiary/aromatic N) is 3. The standard InChI is InChI=1S/C34H30ClFN4O5/c1-18-11-12-22(19(2)15-18)16-23(17-44-40-33(42)25-7-4-5-8-26(25)34(40)43)37-31(41)28-20(3)30(35)38-39-32(28)45-27-10-6-9-24(29(27)36)21-13-14-21/h4-12,15,21,23H,13-14,16-17H2,1-3H3,(H,37,41)/t23-/m1/s1. The van der Waals surface area contributed by atoms with Crippen molar-refractivity contribution in [2.24, 2.45) is 0 Å². The lowest BCUT2D eigenvalue weighted by atomic mass is 9.99. The molecule has 2 heterocycles. The molecule has 230 valence electrons. The summed E-state index contributed by atoms with van der Waals surface area (Å²) >= 11 is 6.28. The molecule has 1 aromatic heterocycles. The number of rotatable bonds is 10. The fourth-order valence-electron chi connectivity index (χ4n) is 5.44. The second-order valence-corrected chi connectivity index (χ2v) is 11.7. The van der Waals surface area contributed by atoms with Gasteiger partial charge in [0.25, 0.3) is 23.6 Å². The average Bonchev–Trinajstić information content (AvgIpc) is 3.83. The molecule has 6 rings (SSSR count). The molecule has 45 heavy (non-hydrogen) atoms. The molecule has 0 unspecified atom stereocenters. The Bertz CT molecular complexity index is 1810. The molecular weight excluding hydrogens is 599 g/mol. The van der Waals surface area contributed by atoms with Crippen molar-refractivity contribution in [3.8, 4) is 11.6 Å². The van der Waals surface area contributed by atoms with Crippen LogP contribution < -0.4 is 10.1 Å². The number of imide groups is 1. The van der Waals surface area contributed by atoms with E-state index in [1.54, 1.807) is 43.3 Å². The molecule has 2 aliphatic rings. The van der Waals surface area contributed by atoms with Gasteiger partial charge in [-0.05, 0) is 80.8 Å². The first-order valence-electron chi connectivity index (χ1n) is 14.6. The van der Waals surface area contributed by atoms with Gasteiger partial charge in [-0.3, -0.25) is 19.2 Å². The van der Waals surface area contributed by atoms with E-state index in [0.29, 0.717) is 17.0 Å². The Balaban J connectivity index is 1.28. The molecule has 11 heteroatoms. The number of amides is 3. The molecule has 0 spiro atoms. The van der Waals surface area contributed by atoms with Crippen LogP contribution >= 0.6 is 11.6 Å². The molecule has 1 fully saturated rings. The minimum Gasteiger partial charge on any atom is -0.434 e. The third-order valence-electron chi connectivity index (χ3n) is 8.03. The van der Waals surface area contributed by atoms with Gasteiger partial charge in [0.2, 0.25) is 0 Å². The Morgan fingerprint density at radius 1 is 1.02 bits per heavy atom. The van der Waals surface area contributed by atoms with Gasteiger partial charge in [-0.1, -0.05) is 59.6 Å². The van der Waals surface area contributed by atoms with Gasteiger partial charge in [-0.2, -0.15) is 0 Å². The summed E-state index contributed by atoms with van der Waals surface area (Å²) in [7, 11) is 0. The molecular formula is C34H30ClFN4O5. The van der Waals surface area contributed by atoms with Gasteiger partial charge in [0.1, 0.15) is 5.56 Å². The zero-order chi connectivity index (χ0) is 31.8. The maximum absolute atomic E-state index is 15.3.